The van der Waals surface area contributed by atoms with Crippen LogP contribution in [0.25, 0.3) is 0 Å². The monoisotopic (exact) mass is 255 g/mol. The summed E-state index contributed by atoms with van der Waals surface area (Å²) in [7, 11) is 0. The van der Waals surface area contributed by atoms with E-state index in [4.69, 9.17) is 5.73 Å². The van der Waals surface area contributed by atoms with Crippen LogP contribution in [0.4, 0.5) is 5.82 Å². The molecule has 1 aliphatic heterocycles. The molecule has 0 bridgehead atoms. The first kappa shape index (κ1) is 14.3. The van der Waals surface area contributed by atoms with Gasteiger partial charge in [-0.15, -0.1) is 12.4 Å². The highest BCUT2D eigenvalue weighted by atomic mass is 35.5. The van der Waals surface area contributed by atoms with Gasteiger partial charge in [0.1, 0.15) is 5.82 Å². The Morgan fingerprint density at radius 1 is 1.24 bits per heavy atom. The number of nitrogens with one attached hydrogen (secondary N) is 1. The lowest BCUT2D eigenvalue weighted by molar-refractivity contribution is 0.678. The number of anilines is 1. The summed E-state index contributed by atoms with van der Waals surface area (Å²) in [5.41, 5.74) is 8.06. The van der Waals surface area contributed by atoms with E-state index in [-0.39, 0.29) is 12.4 Å². The Bertz CT molecular complexity index is 341. The average Bonchev–Trinajstić information content (AvgIpc) is 2.34. The first-order valence-electron chi connectivity index (χ1n) is 6.33. The zero-order valence-electron chi connectivity index (χ0n) is 10.2. The van der Waals surface area contributed by atoms with Crippen molar-refractivity contribution in [2.24, 2.45) is 5.73 Å². The maximum atomic E-state index is 5.47. The fraction of sp³-hybridized carbons (Fsp3) is 0.615. The molecule has 3 N–H and O–H groups in total. The van der Waals surface area contributed by atoms with Crippen LogP contribution in [0.5, 0.6) is 0 Å². The van der Waals surface area contributed by atoms with E-state index >= 15 is 0 Å². The van der Waals surface area contributed by atoms with Crippen molar-refractivity contribution in [3.05, 3.63) is 23.4 Å². The summed E-state index contributed by atoms with van der Waals surface area (Å²) in [4.78, 5) is 4.67. The third-order valence-electron chi connectivity index (χ3n) is 3.09. The zero-order chi connectivity index (χ0) is 11.2. The number of hydrogen-bond donors (Lipinski definition) is 2. The standard InChI is InChI=1S/C13H21N3.ClH/c14-9-3-1-2-6-12-8-7-11-5-4-10-15-13(11)16-12;/h7-8H,1-6,9-10,14H2,(H,15,16);1H. The van der Waals surface area contributed by atoms with Gasteiger partial charge in [0.25, 0.3) is 0 Å². The number of pyridine rings is 1. The minimum atomic E-state index is 0. The SMILES string of the molecule is Cl.NCCCCCc1ccc2c(n1)NCCC2. The fourth-order valence-electron chi connectivity index (χ4n) is 2.14. The summed E-state index contributed by atoms with van der Waals surface area (Å²) in [5, 5.41) is 3.37. The Balaban J connectivity index is 0.00000144. The highest BCUT2D eigenvalue weighted by Crippen LogP contribution is 2.20. The van der Waals surface area contributed by atoms with Crippen molar-refractivity contribution < 1.29 is 0 Å². The van der Waals surface area contributed by atoms with Crippen LogP contribution in [-0.4, -0.2) is 18.1 Å². The first-order valence-corrected chi connectivity index (χ1v) is 6.33. The Morgan fingerprint density at radius 2 is 2.12 bits per heavy atom. The molecule has 1 aliphatic rings. The molecule has 2 rings (SSSR count). The fourth-order valence-corrected chi connectivity index (χ4v) is 2.14. The normalized spacial score (nSPS) is 13.5. The van der Waals surface area contributed by atoms with Crippen molar-refractivity contribution in [3.8, 4) is 0 Å². The van der Waals surface area contributed by atoms with Crippen molar-refractivity contribution in [1.29, 1.82) is 0 Å². The van der Waals surface area contributed by atoms with E-state index in [2.05, 4.69) is 22.4 Å². The maximum absolute atomic E-state index is 5.47. The quantitative estimate of drug-likeness (QED) is 0.795. The summed E-state index contributed by atoms with van der Waals surface area (Å²) in [6.45, 7) is 1.87. The molecule has 0 saturated heterocycles. The van der Waals surface area contributed by atoms with Gasteiger partial charge in [-0.2, -0.15) is 0 Å². The molecule has 0 atom stereocenters. The van der Waals surface area contributed by atoms with Crippen LogP contribution in [0.2, 0.25) is 0 Å². The average molecular weight is 256 g/mol. The Kier molecular flexibility index (Phi) is 6.30. The van der Waals surface area contributed by atoms with Crippen molar-refractivity contribution >= 4 is 18.2 Å². The minimum Gasteiger partial charge on any atom is -0.370 e. The number of aryl methyl sites for hydroxylation is 2. The summed E-state index contributed by atoms with van der Waals surface area (Å²) in [6.07, 6.45) is 7.01. The summed E-state index contributed by atoms with van der Waals surface area (Å²) in [5.74, 6) is 1.11. The maximum Gasteiger partial charge on any atom is 0.129 e. The Hall–Kier alpha value is -0.800. The van der Waals surface area contributed by atoms with E-state index in [0.717, 1.165) is 31.7 Å². The molecular formula is C13H22ClN3. The predicted octanol–water partition coefficient (Wildman–Crippen LogP) is 2.53. The lowest BCUT2D eigenvalue weighted by Gasteiger charge is -2.17. The van der Waals surface area contributed by atoms with Gasteiger partial charge in [0.15, 0.2) is 0 Å². The molecule has 17 heavy (non-hydrogen) atoms. The largest absolute Gasteiger partial charge is 0.370 e. The molecule has 1 aromatic rings. The van der Waals surface area contributed by atoms with Gasteiger partial charge in [-0.05, 0) is 50.3 Å². The van der Waals surface area contributed by atoms with Gasteiger partial charge in [-0.1, -0.05) is 12.5 Å². The van der Waals surface area contributed by atoms with Crippen molar-refractivity contribution in [2.45, 2.75) is 38.5 Å². The van der Waals surface area contributed by atoms with E-state index in [9.17, 15) is 0 Å². The smallest absolute Gasteiger partial charge is 0.129 e. The highest BCUT2D eigenvalue weighted by molar-refractivity contribution is 5.85. The third kappa shape index (κ3) is 4.17. The van der Waals surface area contributed by atoms with Crippen LogP contribution in [0.3, 0.4) is 0 Å². The summed E-state index contributed by atoms with van der Waals surface area (Å²) >= 11 is 0. The first-order chi connectivity index (χ1) is 7.90. The van der Waals surface area contributed by atoms with Gasteiger partial charge in [0, 0.05) is 12.2 Å². The van der Waals surface area contributed by atoms with Gasteiger partial charge >= 0.3 is 0 Å². The third-order valence-corrected chi connectivity index (χ3v) is 3.09. The molecule has 4 heteroatoms. The van der Waals surface area contributed by atoms with Gasteiger partial charge in [-0.25, -0.2) is 4.98 Å². The number of aromatic nitrogens is 1. The molecular weight excluding hydrogens is 234 g/mol. The van der Waals surface area contributed by atoms with E-state index < -0.39 is 0 Å². The van der Waals surface area contributed by atoms with Gasteiger partial charge in [-0.3, -0.25) is 0 Å². The van der Waals surface area contributed by atoms with Crippen LogP contribution in [0.1, 0.15) is 36.9 Å². The van der Waals surface area contributed by atoms with E-state index in [0.29, 0.717) is 0 Å². The molecule has 0 unspecified atom stereocenters. The molecule has 0 amide bonds. The number of hydrogen-bond acceptors (Lipinski definition) is 3. The van der Waals surface area contributed by atoms with Gasteiger partial charge in [0.2, 0.25) is 0 Å². The second-order valence-corrected chi connectivity index (χ2v) is 4.44. The molecule has 96 valence electrons. The molecule has 0 aromatic carbocycles. The molecule has 0 radical (unpaired) electrons. The molecule has 0 fully saturated rings. The molecule has 1 aromatic heterocycles. The zero-order valence-corrected chi connectivity index (χ0v) is 11.1. The summed E-state index contributed by atoms with van der Waals surface area (Å²) < 4.78 is 0. The molecule has 0 spiro atoms. The number of rotatable bonds is 5. The number of halogens is 1. The van der Waals surface area contributed by atoms with Crippen LogP contribution >= 0.6 is 12.4 Å². The molecule has 2 heterocycles. The highest BCUT2D eigenvalue weighted by Gasteiger charge is 2.09. The lowest BCUT2D eigenvalue weighted by Crippen LogP contribution is -2.14. The van der Waals surface area contributed by atoms with E-state index in [1.165, 1.54) is 36.9 Å². The second-order valence-electron chi connectivity index (χ2n) is 4.44. The van der Waals surface area contributed by atoms with Gasteiger partial charge in [0.05, 0.1) is 0 Å². The van der Waals surface area contributed by atoms with Crippen LogP contribution in [-0.2, 0) is 12.8 Å². The van der Waals surface area contributed by atoms with Gasteiger partial charge < -0.3 is 11.1 Å². The molecule has 3 nitrogen and oxygen atoms in total. The molecule has 0 aliphatic carbocycles. The topological polar surface area (TPSA) is 50.9 Å². The van der Waals surface area contributed by atoms with Crippen LogP contribution in [0.15, 0.2) is 12.1 Å². The number of fused-ring (bicyclic) bond motifs is 1. The second kappa shape index (κ2) is 7.51. The van der Waals surface area contributed by atoms with Crippen molar-refractivity contribution in [1.82, 2.24) is 4.98 Å². The number of nitrogens with zero attached hydrogens (tertiary/aromatic N) is 1. The van der Waals surface area contributed by atoms with E-state index in [1.54, 1.807) is 0 Å². The Labute approximate surface area is 110 Å². The van der Waals surface area contributed by atoms with Crippen LogP contribution < -0.4 is 11.1 Å². The Morgan fingerprint density at radius 3 is 2.94 bits per heavy atom. The van der Waals surface area contributed by atoms with Crippen molar-refractivity contribution in [3.63, 3.8) is 0 Å². The lowest BCUT2D eigenvalue weighted by atomic mass is 10.1. The minimum absolute atomic E-state index is 0. The van der Waals surface area contributed by atoms with Crippen molar-refractivity contribution in [2.75, 3.05) is 18.4 Å². The summed E-state index contributed by atoms with van der Waals surface area (Å²) in [6, 6.07) is 4.40. The molecule has 0 saturated carbocycles. The predicted molar refractivity (Wildman–Crippen MR) is 74.9 cm³/mol. The van der Waals surface area contributed by atoms with Crippen LogP contribution in [0, 0.1) is 0 Å². The van der Waals surface area contributed by atoms with E-state index in [1.807, 2.05) is 0 Å². The number of unbranched alkanes of at least 4 members (excludes halogenated alkanes) is 2. The number of nitrogens with two attached hydrogens (primary N) is 1.